The first-order valence-electron chi connectivity index (χ1n) is 6.27. The van der Waals surface area contributed by atoms with Crippen LogP contribution in [0.3, 0.4) is 0 Å². The molecule has 0 aliphatic heterocycles. The molecule has 0 saturated carbocycles. The maximum atomic E-state index is 11.9. The largest absolute Gasteiger partial charge is 0.459 e. The maximum Gasteiger partial charge on any atom is 0.293 e. The molecule has 2 amide bonds. The summed E-state index contributed by atoms with van der Waals surface area (Å²) in [6, 6.07) is 6.51. The van der Waals surface area contributed by atoms with E-state index in [1.807, 2.05) is 0 Å². The third-order valence-corrected chi connectivity index (χ3v) is 3.19. The first-order valence-corrected chi connectivity index (χ1v) is 7.06. The van der Waals surface area contributed by atoms with E-state index in [1.54, 1.807) is 0 Å². The number of thiocarbonyl (C=S) groups is 1. The normalized spacial score (nSPS) is 9.88. The van der Waals surface area contributed by atoms with Crippen LogP contribution in [0.15, 0.2) is 41.0 Å². The van der Waals surface area contributed by atoms with Gasteiger partial charge in [0.15, 0.2) is 10.9 Å². The van der Waals surface area contributed by atoms with Crippen LogP contribution in [0.5, 0.6) is 0 Å². The summed E-state index contributed by atoms with van der Waals surface area (Å²) < 4.78 is 4.87. The van der Waals surface area contributed by atoms with Gasteiger partial charge in [-0.05, 0) is 36.5 Å². The van der Waals surface area contributed by atoms with Gasteiger partial charge in [0.1, 0.15) is 5.02 Å². The number of carbonyl (C=O) groups excluding carboxylic acids is 2. The lowest BCUT2D eigenvalue weighted by molar-refractivity contribution is -0.384. The molecule has 0 aliphatic rings. The van der Waals surface area contributed by atoms with Crippen molar-refractivity contribution in [2.45, 2.75) is 0 Å². The van der Waals surface area contributed by atoms with Crippen molar-refractivity contribution < 1.29 is 18.9 Å². The van der Waals surface area contributed by atoms with Gasteiger partial charge in [-0.15, -0.1) is 0 Å². The number of hydrazine groups is 1. The summed E-state index contributed by atoms with van der Waals surface area (Å²) in [6.45, 7) is 0. The van der Waals surface area contributed by atoms with Crippen LogP contribution >= 0.6 is 23.8 Å². The van der Waals surface area contributed by atoms with Gasteiger partial charge >= 0.3 is 0 Å². The number of amides is 2. The summed E-state index contributed by atoms with van der Waals surface area (Å²) in [5.74, 6) is -1.27. The number of nitro groups is 1. The van der Waals surface area contributed by atoms with Crippen molar-refractivity contribution in [2.75, 3.05) is 0 Å². The van der Waals surface area contributed by atoms with Crippen LogP contribution in [0.1, 0.15) is 20.9 Å². The third kappa shape index (κ3) is 4.27. The van der Waals surface area contributed by atoms with Crippen molar-refractivity contribution in [3.05, 3.63) is 63.1 Å². The maximum absolute atomic E-state index is 11.9. The minimum absolute atomic E-state index is 0.0150. The Labute approximate surface area is 145 Å². The van der Waals surface area contributed by atoms with Crippen LogP contribution < -0.4 is 16.2 Å². The van der Waals surface area contributed by atoms with Crippen molar-refractivity contribution in [2.24, 2.45) is 0 Å². The molecule has 0 saturated heterocycles. The predicted octanol–water partition coefficient (Wildman–Crippen LogP) is 1.79. The molecule has 0 spiro atoms. The van der Waals surface area contributed by atoms with Gasteiger partial charge in [-0.1, -0.05) is 11.6 Å². The van der Waals surface area contributed by atoms with Crippen LogP contribution in [0.25, 0.3) is 0 Å². The van der Waals surface area contributed by atoms with E-state index in [-0.39, 0.29) is 21.5 Å². The minimum Gasteiger partial charge on any atom is -0.459 e. The molecular formula is C13H9ClN4O5S. The standard InChI is InChI=1S/C13H9ClN4O5S/c14-8-4-3-7(6-9(8)18(21)22)11(19)16-17-13(24)15-12(20)10-2-1-5-23-10/h1-6H,(H,16,19)(H2,15,17,20,24). The Hall–Kier alpha value is -2.98. The van der Waals surface area contributed by atoms with E-state index in [9.17, 15) is 19.7 Å². The number of rotatable bonds is 3. The lowest BCUT2D eigenvalue weighted by Gasteiger charge is -2.10. The van der Waals surface area contributed by atoms with E-state index in [2.05, 4.69) is 16.2 Å². The molecule has 11 heteroatoms. The average molecular weight is 369 g/mol. The van der Waals surface area contributed by atoms with Crippen LogP contribution in [0.2, 0.25) is 5.02 Å². The molecule has 1 heterocycles. The second kappa shape index (κ2) is 7.53. The van der Waals surface area contributed by atoms with E-state index in [0.29, 0.717) is 0 Å². The topological polar surface area (TPSA) is 127 Å². The molecule has 1 aromatic carbocycles. The van der Waals surface area contributed by atoms with Crippen molar-refractivity contribution >= 4 is 46.4 Å². The summed E-state index contributed by atoms with van der Waals surface area (Å²) in [6.07, 6.45) is 1.32. The number of nitrogens with one attached hydrogen (secondary N) is 3. The third-order valence-electron chi connectivity index (χ3n) is 2.67. The molecule has 0 bridgehead atoms. The van der Waals surface area contributed by atoms with Gasteiger partial charge in [0.25, 0.3) is 17.5 Å². The van der Waals surface area contributed by atoms with Gasteiger partial charge < -0.3 is 4.42 Å². The van der Waals surface area contributed by atoms with E-state index in [4.69, 9.17) is 28.2 Å². The predicted molar refractivity (Wildman–Crippen MR) is 87.5 cm³/mol. The van der Waals surface area contributed by atoms with E-state index in [0.717, 1.165) is 6.07 Å². The summed E-state index contributed by atoms with van der Waals surface area (Å²) in [5.41, 5.74) is 4.07. The van der Waals surface area contributed by atoms with Crippen LogP contribution in [-0.4, -0.2) is 21.9 Å². The highest BCUT2D eigenvalue weighted by molar-refractivity contribution is 7.80. The van der Waals surface area contributed by atoms with E-state index in [1.165, 1.54) is 30.5 Å². The van der Waals surface area contributed by atoms with Crippen LogP contribution in [0, 0.1) is 10.1 Å². The number of hydrogen-bond acceptors (Lipinski definition) is 6. The molecule has 24 heavy (non-hydrogen) atoms. The van der Waals surface area contributed by atoms with Crippen LogP contribution in [0.4, 0.5) is 5.69 Å². The Balaban J connectivity index is 1.93. The highest BCUT2D eigenvalue weighted by Crippen LogP contribution is 2.24. The average Bonchev–Trinajstić information content (AvgIpc) is 3.07. The fourth-order valence-corrected chi connectivity index (χ4v) is 1.91. The zero-order valence-corrected chi connectivity index (χ0v) is 13.3. The SMILES string of the molecule is O=C(NNC(=S)NC(=O)c1ccco1)c1ccc(Cl)c([N+](=O)[O-])c1. The minimum atomic E-state index is -0.708. The second-order valence-corrected chi connectivity index (χ2v) is 5.08. The van der Waals surface area contributed by atoms with Gasteiger partial charge in [-0.3, -0.25) is 35.9 Å². The van der Waals surface area contributed by atoms with Crippen molar-refractivity contribution in [1.82, 2.24) is 16.2 Å². The van der Waals surface area contributed by atoms with Crippen molar-refractivity contribution in [1.29, 1.82) is 0 Å². The lowest BCUT2D eigenvalue weighted by Crippen LogP contribution is -2.48. The molecule has 2 rings (SSSR count). The van der Waals surface area contributed by atoms with E-state index < -0.39 is 22.4 Å². The number of carbonyl (C=O) groups is 2. The van der Waals surface area contributed by atoms with Crippen molar-refractivity contribution in [3.63, 3.8) is 0 Å². The monoisotopic (exact) mass is 368 g/mol. The molecule has 9 nitrogen and oxygen atoms in total. The summed E-state index contributed by atoms with van der Waals surface area (Å²) in [4.78, 5) is 33.7. The van der Waals surface area contributed by atoms with E-state index >= 15 is 0 Å². The quantitative estimate of drug-likeness (QED) is 0.428. The number of benzene rings is 1. The zero-order valence-electron chi connectivity index (χ0n) is 11.7. The number of halogens is 1. The molecule has 2 aromatic rings. The van der Waals surface area contributed by atoms with Gasteiger partial charge in [-0.25, -0.2) is 0 Å². The first kappa shape index (κ1) is 17.4. The Kier molecular flexibility index (Phi) is 5.45. The number of nitro benzene ring substituents is 1. The Morgan fingerprint density at radius 3 is 2.58 bits per heavy atom. The number of nitrogens with zero attached hydrogens (tertiary/aromatic N) is 1. The fourth-order valence-electron chi connectivity index (χ4n) is 1.58. The molecule has 3 N–H and O–H groups in total. The van der Waals surface area contributed by atoms with Gasteiger partial charge in [-0.2, -0.15) is 0 Å². The highest BCUT2D eigenvalue weighted by atomic mass is 35.5. The van der Waals surface area contributed by atoms with Gasteiger partial charge in [0.05, 0.1) is 11.2 Å². The Morgan fingerprint density at radius 2 is 1.96 bits per heavy atom. The van der Waals surface area contributed by atoms with Gasteiger partial charge in [0, 0.05) is 11.6 Å². The second-order valence-electron chi connectivity index (χ2n) is 4.26. The molecule has 124 valence electrons. The van der Waals surface area contributed by atoms with Crippen molar-refractivity contribution in [3.8, 4) is 0 Å². The van der Waals surface area contributed by atoms with Crippen LogP contribution in [-0.2, 0) is 0 Å². The number of hydrogen-bond donors (Lipinski definition) is 3. The molecule has 0 radical (unpaired) electrons. The fraction of sp³-hybridized carbons (Fsp3) is 0. The van der Waals surface area contributed by atoms with Gasteiger partial charge in [0.2, 0.25) is 0 Å². The highest BCUT2D eigenvalue weighted by Gasteiger charge is 2.17. The Bertz CT molecular complexity index is 809. The number of furan rings is 1. The summed E-state index contributed by atoms with van der Waals surface area (Å²) >= 11 is 10.5. The molecule has 1 aromatic heterocycles. The molecule has 0 aliphatic carbocycles. The first-order chi connectivity index (χ1) is 11.4. The molecular weight excluding hydrogens is 360 g/mol. The Morgan fingerprint density at radius 1 is 1.21 bits per heavy atom. The molecule has 0 fully saturated rings. The summed E-state index contributed by atoms with van der Waals surface area (Å²) in [7, 11) is 0. The molecule has 0 unspecified atom stereocenters. The zero-order chi connectivity index (χ0) is 17.7. The summed E-state index contributed by atoms with van der Waals surface area (Å²) in [5, 5.41) is 12.8. The lowest BCUT2D eigenvalue weighted by atomic mass is 10.2. The smallest absolute Gasteiger partial charge is 0.293 e. The molecule has 0 atom stereocenters.